The number of aryl methyl sites for hydroxylation is 2. The summed E-state index contributed by atoms with van der Waals surface area (Å²) in [4.78, 5) is 12.6. The minimum Gasteiger partial charge on any atom is -0.407 e. The fourth-order valence-electron chi connectivity index (χ4n) is 3.24. The predicted molar refractivity (Wildman–Crippen MR) is 118 cm³/mol. The van der Waals surface area contributed by atoms with Crippen molar-refractivity contribution in [1.29, 1.82) is 0 Å². The molecule has 0 spiro atoms. The van der Waals surface area contributed by atoms with Gasteiger partial charge in [-0.1, -0.05) is 42.7 Å². The number of anilines is 1. The van der Waals surface area contributed by atoms with Crippen LogP contribution in [0.3, 0.4) is 0 Å². The molecule has 0 saturated carbocycles. The number of sulfonamides is 1. The first-order valence-corrected chi connectivity index (χ1v) is 11.5. The van der Waals surface area contributed by atoms with Gasteiger partial charge in [0.2, 0.25) is 15.9 Å². The first-order chi connectivity index (χ1) is 14.7. The Labute approximate surface area is 182 Å². The predicted octanol–water partition coefficient (Wildman–Crippen LogP) is 3.56. The van der Waals surface area contributed by atoms with E-state index in [9.17, 15) is 13.2 Å². The van der Waals surface area contributed by atoms with Crippen molar-refractivity contribution in [3.05, 3.63) is 70.6 Å². The van der Waals surface area contributed by atoms with E-state index in [-0.39, 0.29) is 16.5 Å². The third-order valence-corrected chi connectivity index (χ3v) is 7.05. The van der Waals surface area contributed by atoms with E-state index >= 15 is 0 Å². The summed E-state index contributed by atoms with van der Waals surface area (Å²) in [5.74, 6) is -0.0728. The summed E-state index contributed by atoms with van der Waals surface area (Å²) in [6.07, 6.45) is 0.465. The molecule has 1 amide bonds. The maximum Gasteiger partial charge on any atom is 0.322 e. The number of benzene rings is 2. The van der Waals surface area contributed by atoms with Crippen LogP contribution in [0.5, 0.6) is 0 Å². The Kier molecular flexibility index (Phi) is 6.87. The van der Waals surface area contributed by atoms with Crippen LogP contribution in [0.1, 0.15) is 46.8 Å². The number of carbonyl (C=O) groups excluding carboxylic acids is 1. The average Bonchev–Trinajstić information content (AvgIpc) is 3.17. The van der Waals surface area contributed by atoms with Gasteiger partial charge in [-0.2, -0.15) is 4.31 Å². The molecule has 0 atom stereocenters. The molecule has 0 aliphatic carbocycles. The van der Waals surface area contributed by atoms with Crippen molar-refractivity contribution >= 4 is 21.9 Å². The van der Waals surface area contributed by atoms with Crippen LogP contribution in [0.15, 0.2) is 51.8 Å². The van der Waals surface area contributed by atoms with E-state index in [1.54, 1.807) is 13.8 Å². The Hall–Kier alpha value is -3.04. The van der Waals surface area contributed by atoms with E-state index in [1.165, 1.54) is 34.1 Å². The zero-order valence-electron chi connectivity index (χ0n) is 18.0. The summed E-state index contributed by atoms with van der Waals surface area (Å²) in [7, 11) is -3.57. The third-order valence-electron chi connectivity index (χ3n) is 4.99. The maximum atomic E-state index is 12.6. The highest BCUT2D eigenvalue weighted by Crippen LogP contribution is 2.18. The highest BCUT2D eigenvalue weighted by Gasteiger charge is 2.22. The molecule has 1 N–H and O–H groups in total. The van der Waals surface area contributed by atoms with E-state index in [2.05, 4.69) is 21.6 Å². The number of rotatable bonds is 8. The number of carbonyl (C=O) groups is 1. The van der Waals surface area contributed by atoms with Crippen LogP contribution in [0.2, 0.25) is 0 Å². The lowest BCUT2D eigenvalue weighted by molar-refractivity contribution is 0.102. The van der Waals surface area contributed by atoms with Gasteiger partial charge in [0.05, 0.1) is 11.3 Å². The van der Waals surface area contributed by atoms with E-state index in [1.807, 2.05) is 26.0 Å². The van der Waals surface area contributed by atoms with E-state index in [4.69, 9.17) is 4.42 Å². The molecule has 0 fully saturated rings. The summed E-state index contributed by atoms with van der Waals surface area (Å²) < 4.78 is 32.0. The van der Waals surface area contributed by atoms with Crippen molar-refractivity contribution < 1.29 is 17.6 Å². The molecule has 1 aromatic heterocycles. The molecule has 2 aromatic carbocycles. The number of amides is 1. The second-order valence-electron chi connectivity index (χ2n) is 7.18. The molecule has 3 aromatic rings. The quantitative estimate of drug-likeness (QED) is 0.572. The van der Waals surface area contributed by atoms with Crippen LogP contribution in [-0.2, 0) is 16.4 Å². The standard InChI is InChI=1S/C22H26N4O4S/c1-5-26(6-2)31(28,29)19-11-9-17(10-12-19)21(27)23-22-25-24-20(30-22)14-18-8-7-15(3)13-16(18)4/h7-13H,5-6,14H2,1-4H3,(H,23,25,27). The number of hydrogen-bond donors (Lipinski definition) is 1. The topological polar surface area (TPSA) is 105 Å². The Morgan fingerprint density at radius 2 is 1.71 bits per heavy atom. The Morgan fingerprint density at radius 1 is 1.03 bits per heavy atom. The van der Waals surface area contributed by atoms with Crippen molar-refractivity contribution in [1.82, 2.24) is 14.5 Å². The van der Waals surface area contributed by atoms with Crippen molar-refractivity contribution in [2.45, 2.75) is 39.0 Å². The van der Waals surface area contributed by atoms with E-state index in [0.29, 0.717) is 25.4 Å². The molecule has 164 valence electrons. The fraction of sp³-hybridized carbons (Fsp3) is 0.318. The molecular weight excluding hydrogens is 416 g/mol. The minimum absolute atomic E-state index is 0.00963. The number of aromatic nitrogens is 2. The van der Waals surface area contributed by atoms with Gasteiger partial charge >= 0.3 is 6.01 Å². The summed E-state index contributed by atoms with van der Waals surface area (Å²) in [5.41, 5.74) is 3.66. The Morgan fingerprint density at radius 3 is 2.32 bits per heavy atom. The molecule has 0 unspecified atom stereocenters. The van der Waals surface area contributed by atoms with Crippen molar-refractivity contribution in [2.75, 3.05) is 18.4 Å². The molecule has 8 nitrogen and oxygen atoms in total. The first-order valence-electron chi connectivity index (χ1n) is 10.0. The van der Waals surface area contributed by atoms with Gasteiger partial charge in [-0.25, -0.2) is 8.42 Å². The van der Waals surface area contributed by atoms with Gasteiger partial charge in [0.15, 0.2) is 0 Å². The molecular formula is C22H26N4O4S. The van der Waals surface area contributed by atoms with Gasteiger partial charge in [0.1, 0.15) is 0 Å². The second-order valence-corrected chi connectivity index (χ2v) is 9.11. The molecule has 9 heteroatoms. The Balaban J connectivity index is 1.68. The molecule has 1 heterocycles. The highest BCUT2D eigenvalue weighted by atomic mass is 32.2. The zero-order chi connectivity index (χ0) is 22.6. The van der Waals surface area contributed by atoms with Crippen LogP contribution >= 0.6 is 0 Å². The van der Waals surface area contributed by atoms with Crippen LogP contribution in [-0.4, -0.2) is 41.9 Å². The van der Waals surface area contributed by atoms with Crippen LogP contribution in [0.4, 0.5) is 6.01 Å². The van der Waals surface area contributed by atoms with Crippen LogP contribution in [0.25, 0.3) is 0 Å². The molecule has 0 aliphatic rings. The Bertz CT molecular complexity index is 1170. The summed E-state index contributed by atoms with van der Waals surface area (Å²) >= 11 is 0. The lowest BCUT2D eigenvalue weighted by atomic mass is 10.0. The van der Waals surface area contributed by atoms with Gasteiger partial charge in [0.25, 0.3) is 5.91 Å². The number of nitrogens with zero attached hydrogens (tertiary/aromatic N) is 3. The van der Waals surface area contributed by atoms with Gasteiger partial charge in [-0.3, -0.25) is 10.1 Å². The summed E-state index contributed by atoms with van der Waals surface area (Å²) in [6, 6.07) is 11.9. The van der Waals surface area contributed by atoms with Crippen LogP contribution < -0.4 is 5.32 Å². The molecule has 3 rings (SSSR count). The fourth-order valence-corrected chi connectivity index (χ4v) is 4.70. The highest BCUT2D eigenvalue weighted by molar-refractivity contribution is 7.89. The average molecular weight is 443 g/mol. The van der Waals surface area contributed by atoms with Crippen LogP contribution in [0, 0.1) is 13.8 Å². The molecule has 0 radical (unpaired) electrons. The number of nitrogens with one attached hydrogen (secondary N) is 1. The van der Waals surface area contributed by atoms with E-state index in [0.717, 1.165) is 11.1 Å². The SMILES string of the molecule is CCN(CC)S(=O)(=O)c1ccc(C(=O)Nc2nnc(Cc3ccc(C)cc3C)o2)cc1. The van der Waals surface area contributed by atoms with Gasteiger partial charge in [0, 0.05) is 18.7 Å². The maximum absolute atomic E-state index is 12.6. The van der Waals surface area contributed by atoms with Crippen molar-refractivity contribution in [3.63, 3.8) is 0 Å². The van der Waals surface area contributed by atoms with Gasteiger partial charge < -0.3 is 4.42 Å². The lowest BCUT2D eigenvalue weighted by Gasteiger charge is -2.18. The minimum atomic E-state index is -3.57. The smallest absolute Gasteiger partial charge is 0.322 e. The summed E-state index contributed by atoms with van der Waals surface area (Å²) in [6.45, 7) is 8.36. The zero-order valence-corrected chi connectivity index (χ0v) is 18.9. The molecule has 0 saturated heterocycles. The second kappa shape index (κ2) is 9.40. The normalized spacial score (nSPS) is 11.6. The van der Waals surface area contributed by atoms with Gasteiger partial charge in [-0.15, -0.1) is 5.10 Å². The molecule has 0 aliphatic heterocycles. The van der Waals surface area contributed by atoms with Crippen molar-refractivity contribution in [2.24, 2.45) is 0 Å². The largest absolute Gasteiger partial charge is 0.407 e. The summed E-state index contributed by atoms with van der Waals surface area (Å²) in [5, 5.41) is 10.4. The first kappa shape index (κ1) is 22.6. The lowest BCUT2D eigenvalue weighted by Crippen LogP contribution is -2.30. The number of hydrogen-bond acceptors (Lipinski definition) is 6. The van der Waals surface area contributed by atoms with Crippen molar-refractivity contribution in [3.8, 4) is 0 Å². The molecule has 0 bridgehead atoms. The van der Waals surface area contributed by atoms with Gasteiger partial charge in [-0.05, 0) is 49.2 Å². The van der Waals surface area contributed by atoms with E-state index < -0.39 is 15.9 Å². The monoisotopic (exact) mass is 442 g/mol. The third kappa shape index (κ3) is 5.18. The molecule has 31 heavy (non-hydrogen) atoms.